The van der Waals surface area contributed by atoms with E-state index in [9.17, 15) is 9.59 Å². The van der Waals surface area contributed by atoms with Gasteiger partial charge in [-0.3, -0.25) is 9.59 Å². The van der Waals surface area contributed by atoms with Gasteiger partial charge in [-0.1, -0.05) is 24.3 Å². The number of hydrogen-bond donors (Lipinski definition) is 0. The smallest absolute Gasteiger partial charge is 0.306 e. The highest BCUT2D eigenvalue weighted by Crippen LogP contribution is 2.39. The standard InChI is InChI=1S/C19H19NO4/c1-23-15-7-5-6-13(10-15)19(22)20-12-14(11-18(21)24-2)16-8-3-4-9-17(16)20/h3-10,14H,11-12H2,1-2H3. The molecule has 3 rings (SSSR count). The lowest BCUT2D eigenvalue weighted by Crippen LogP contribution is -2.30. The second-order valence-corrected chi connectivity index (χ2v) is 5.68. The van der Waals surface area contributed by atoms with Gasteiger partial charge in [0.15, 0.2) is 0 Å². The third-order valence-electron chi connectivity index (χ3n) is 4.27. The maximum Gasteiger partial charge on any atom is 0.306 e. The van der Waals surface area contributed by atoms with E-state index in [-0.39, 0.29) is 24.2 Å². The molecule has 1 atom stereocenters. The van der Waals surface area contributed by atoms with Gasteiger partial charge < -0.3 is 14.4 Å². The fourth-order valence-electron chi connectivity index (χ4n) is 3.06. The molecule has 1 unspecified atom stereocenters. The molecule has 0 radical (unpaired) electrons. The highest BCUT2D eigenvalue weighted by molar-refractivity contribution is 6.07. The van der Waals surface area contributed by atoms with Crippen LogP contribution in [-0.4, -0.2) is 32.6 Å². The van der Waals surface area contributed by atoms with Crippen LogP contribution in [0.2, 0.25) is 0 Å². The fraction of sp³-hybridized carbons (Fsp3) is 0.263. The zero-order valence-corrected chi connectivity index (χ0v) is 13.7. The molecule has 2 aromatic carbocycles. The summed E-state index contributed by atoms with van der Waals surface area (Å²) >= 11 is 0. The minimum absolute atomic E-state index is 0.0526. The average molecular weight is 325 g/mol. The van der Waals surface area contributed by atoms with Gasteiger partial charge in [-0.05, 0) is 29.8 Å². The fourth-order valence-corrected chi connectivity index (χ4v) is 3.06. The van der Waals surface area contributed by atoms with E-state index in [2.05, 4.69) is 0 Å². The van der Waals surface area contributed by atoms with Crippen molar-refractivity contribution in [2.24, 2.45) is 0 Å². The lowest BCUT2D eigenvalue weighted by atomic mass is 9.98. The summed E-state index contributed by atoms with van der Waals surface area (Å²) in [6.45, 7) is 0.463. The van der Waals surface area contributed by atoms with E-state index in [1.54, 1.807) is 36.3 Å². The van der Waals surface area contributed by atoms with E-state index >= 15 is 0 Å². The summed E-state index contributed by atoms with van der Waals surface area (Å²) < 4.78 is 9.97. The van der Waals surface area contributed by atoms with Crippen LogP contribution < -0.4 is 9.64 Å². The maximum absolute atomic E-state index is 12.9. The number of carbonyl (C=O) groups is 2. The largest absolute Gasteiger partial charge is 0.497 e. The van der Waals surface area contributed by atoms with Crippen LogP contribution >= 0.6 is 0 Å². The van der Waals surface area contributed by atoms with Crippen LogP contribution in [-0.2, 0) is 9.53 Å². The number of carbonyl (C=O) groups excluding carboxylic acids is 2. The van der Waals surface area contributed by atoms with Gasteiger partial charge in [0.2, 0.25) is 0 Å². The number of amides is 1. The molecule has 0 spiro atoms. The molecule has 1 aliphatic heterocycles. The molecule has 0 bridgehead atoms. The molecule has 0 aliphatic carbocycles. The normalized spacial score (nSPS) is 15.8. The summed E-state index contributed by atoms with van der Waals surface area (Å²) in [5.41, 5.74) is 2.40. The van der Waals surface area contributed by atoms with Crippen LogP contribution in [0.3, 0.4) is 0 Å². The number of esters is 1. The first-order chi connectivity index (χ1) is 11.6. The maximum atomic E-state index is 12.9. The molecule has 1 amide bonds. The van der Waals surface area contributed by atoms with Crippen molar-refractivity contribution < 1.29 is 19.1 Å². The third-order valence-corrected chi connectivity index (χ3v) is 4.27. The van der Waals surface area contributed by atoms with Crippen LogP contribution in [0.25, 0.3) is 0 Å². The first-order valence-electron chi connectivity index (χ1n) is 7.75. The summed E-state index contributed by atoms with van der Waals surface area (Å²) in [4.78, 5) is 26.3. The monoisotopic (exact) mass is 325 g/mol. The molecule has 5 heteroatoms. The van der Waals surface area contributed by atoms with Crippen LogP contribution in [0, 0.1) is 0 Å². The predicted octanol–water partition coefficient (Wildman–Crippen LogP) is 3.00. The summed E-state index contributed by atoms with van der Waals surface area (Å²) in [6.07, 6.45) is 0.259. The van der Waals surface area contributed by atoms with E-state index in [0.717, 1.165) is 11.3 Å². The number of fused-ring (bicyclic) bond motifs is 1. The molecule has 2 aromatic rings. The Labute approximate surface area is 140 Å². The Morgan fingerprint density at radius 3 is 2.67 bits per heavy atom. The SMILES string of the molecule is COC(=O)CC1CN(C(=O)c2cccc(OC)c2)c2ccccc21. The molecule has 0 aromatic heterocycles. The van der Waals surface area contributed by atoms with Gasteiger partial charge in [-0.2, -0.15) is 0 Å². The minimum atomic E-state index is -0.273. The number of nitrogens with zero attached hydrogens (tertiary/aromatic N) is 1. The van der Waals surface area contributed by atoms with E-state index in [4.69, 9.17) is 9.47 Å². The van der Waals surface area contributed by atoms with Gasteiger partial charge in [0.1, 0.15) is 5.75 Å². The van der Waals surface area contributed by atoms with Crippen molar-refractivity contribution in [3.8, 4) is 5.75 Å². The Hall–Kier alpha value is -2.82. The van der Waals surface area contributed by atoms with E-state index in [1.165, 1.54) is 7.11 Å². The van der Waals surface area contributed by atoms with Crippen molar-refractivity contribution in [2.75, 3.05) is 25.7 Å². The number of hydrogen-bond acceptors (Lipinski definition) is 4. The average Bonchev–Trinajstić information content (AvgIpc) is 2.99. The number of methoxy groups -OCH3 is 2. The molecule has 24 heavy (non-hydrogen) atoms. The predicted molar refractivity (Wildman–Crippen MR) is 90.5 cm³/mol. The van der Waals surface area contributed by atoms with Gasteiger partial charge >= 0.3 is 5.97 Å². The molecule has 0 saturated heterocycles. The third kappa shape index (κ3) is 2.97. The van der Waals surface area contributed by atoms with E-state index < -0.39 is 0 Å². The topological polar surface area (TPSA) is 55.8 Å². The molecule has 1 heterocycles. The van der Waals surface area contributed by atoms with Crippen LogP contribution in [0.5, 0.6) is 5.75 Å². The molecular formula is C19H19NO4. The highest BCUT2D eigenvalue weighted by Gasteiger charge is 2.34. The van der Waals surface area contributed by atoms with Crippen molar-refractivity contribution in [3.63, 3.8) is 0 Å². The van der Waals surface area contributed by atoms with Crippen LogP contribution in [0.15, 0.2) is 48.5 Å². The van der Waals surface area contributed by atoms with Crippen molar-refractivity contribution in [3.05, 3.63) is 59.7 Å². The first-order valence-corrected chi connectivity index (χ1v) is 7.75. The summed E-state index contributed by atoms with van der Waals surface area (Å²) in [5, 5.41) is 0. The van der Waals surface area contributed by atoms with Gasteiger partial charge in [0.05, 0.1) is 20.6 Å². The molecule has 124 valence electrons. The molecule has 0 N–H and O–H groups in total. The first kappa shape index (κ1) is 16.1. The number of rotatable bonds is 4. The Kier molecular flexibility index (Phi) is 4.51. The van der Waals surface area contributed by atoms with Gasteiger partial charge in [0, 0.05) is 23.7 Å². The molecular weight excluding hydrogens is 306 g/mol. The van der Waals surface area contributed by atoms with Crippen molar-refractivity contribution in [1.82, 2.24) is 0 Å². The lowest BCUT2D eigenvalue weighted by molar-refractivity contribution is -0.141. The van der Waals surface area contributed by atoms with E-state index in [1.807, 2.05) is 24.3 Å². The molecule has 5 nitrogen and oxygen atoms in total. The summed E-state index contributed by atoms with van der Waals surface area (Å²) in [7, 11) is 2.95. The zero-order chi connectivity index (χ0) is 17.1. The van der Waals surface area contributed by atoms with Crippen LogP contribution in [0.1, 0.15) is 28.3 Å². The number of anilines is 1. The Bertz CT molecular complexity index is 771. The Morgan fingerprint density at radius 1 is 1.12 bits per heavy atom. The van der Waals surface area contributed by atoms with Gasteiger partial charge in [-0.15, -0.1) is 0 Å². The minimum Gasteiger partial charge on any atom is -0.497 e. The van der Waals surface area contributed by atoms with Crippen molar-refractivity contribution in [1.29, 1.82) is 0 Å². The summed E-state index contributed by atoms with van der Waals surface area (Å²) in [5.74, 6) is 0.210. The summed E-state index contributed by atoms with van der Waals surface area (Å²) in [6, 6.07) is 14.8. The van der Waals surface area contributed by atoms with Crippen molar-refractivity contribution >= 4 is 17.6 Å². The number of benzene rings is 2. The number of para-hydroxylation sites is 1. The van der Waals surface area contributed by atoms with Gasteiger partial charge in [0.25, 0.3) is 5.91 Å². The number of ether oxygens (including phenoxy) is 2. The zero-order valence-electron chi connectivity index (χ0n) is 13.7. The van der Waals surface area contributed by atoms with Gasteiger partial charge in [-0.25, -0.2) is 0 Å². The highest BCUT2D eigenvalue weighted by atomic mass is 16.5. The lowest BCUT2D eigenvalue weighted by Gasteiger charge is -2.18. The second-order valence-electron chi connectivity index (χ2n) is 5.68. The Morgan fingerprint density at radius 2 is 1.92 bits per heavy atom. The molecule has 1 aliphatic rings. The quantitative estimate of drug-likeness (QED) is 0.811. The van der Waals surface area contributed by atoms with Crippen molar-refractivity contribution in [2.45, 2.75) is 12.3 Å². The van der Waals surface area contributed by atoms with Crippen LogP contribution in [0.4, 0.5) is 5.69 Å². The Balaban J connectivity index is 1.91. The molecule has 0 saturated carbocycles. The van der Waals surface area contributed by atoms with E-state index in [0.29, 0.717) is 17.9 Å². The second kappa shape index (κ2) is 6.74. The molecule has 0 fully saturated rings.